The van der Waals surface area contributed by atoms with Crippen molar-refractivity contribution < 1.29 is 22.7 Å². The largest absolute Gasteiger partial charge is 0.502 e. The number of nitrogens with one attached hydrogen (secondary N) is 1. The molecule has 0 radical (unpaired) electrons. The van der Waals surface area contributed by atoms with Gasteiger partial charge in [-0.25, -0.2) is 8.42 Å². The molecule has 7 nitrogen and oxygen atoms in total. The van der Waals surface area contributed by atoms with Crippen LogP contribution in [0.1, 0.15) is 37.2 Å². The van der Waals surface area contributed by atoms with Gasteiger partial charge < -0.3 is 14.8 Å². The number of carbonyl (C=O) groups excluding carboxylic acids is 1. The van der Waals surface area contributed by atoms with Gasteiger partial charge in [-0.2, -0.15) is 11.8 Å². The summed E-state index contributed by atoms with van der Waals surface area (Å²) in [5, 5.41) is 13.1. The molecule has 1 aromatic heterocycles. The fourth-order valence-corrected chi connectivity index (χ4v) is 7.01. The molecule has 2 saturated heterocycles. The summed E-state index contributed by atoms with van der Waals surface area (Å²) in [5.41, 5.74) is -1.21. The highest BCUT2D eigenvalue weighted by Gasteiger charge is 2.41. The van der Waals surface area contributed by atoms with Crippen LogP contribution in [0.3, 0.4) is 0 Å². The maximum absolute atomic E-state index is 12.6. The van der Waals surface area contributed by atoms with Gasteiger partial charge in [0.2, 0.25) is 17.1 Å². The van der Waals surface area contributed by atoms with Crippen molar-refractivity contribution in [2.45, 2.75) is 38.0 Å². The van der Waals surface area contributed by atoms with Crippen LogP contribution in [0, 0.1) is 12.8 Å². The lowest BCUT2D eigenvalue weighted by Crippen LogP contribution is -2.39. The summed E-state index contributed by atoms with van der Waals surface area (Å²) in [6.45, 7) is 1.98. The third-order valence-electron chi connectivity index (χ3n) is 5.39. The first-order valence-electron chi connectivity index (χ1n) is 9.10. The number of hydrogen-bond donors (Lipinski definition) is 2. The van der Waals surface area contributed by atoms with Gasteiger partial charge >= 0.3 is 0 Å². The third-order valence-corrected chi connectivity index (χ3v) is 8.21. The highest BCUT2D eigenvalue weighted by Crippen LogP contribution is 2.44. The Morgan fingerprint density at radius 3 is 2.74 bits per heavy atom. The van der Waals surface area contributed by atoms with Crippen molar-refractivity contribution in [1.29, 1.82) is 0 Å². The summed E-state index contributed by atoms with van der Waals surface area (Å²) in [6.07, 6.45) is 1.93. The summed E-state index contributed by atoms with van der Waals surface area (Å²) < 4.78 is 28.8. The molecule has 2 aliphatic heterocycles. The van der Waals surface area contributed by atoms with Gasteiger partial charge in [-0.3, -0.25) is 9.59 Å². The van der Waals surface area contributed by atoms with E-state index in [1.165, 1.54) is 6.07 Å². The van der Waals surface area contributed by atoms with Crippen LogP contribution in [0.15, 0.2) is 15.3 Å². The first-order valence-corrected chi connectivity index (χ1v) is 12.1. The number of sulfone groups is 1. The van der Waals surface area contributed by atoms with Gasteiger partial charge in [-0.05, 0) is 43.6 Å². The molecule has 3 heterocycles. The van der Waals surface area contributed by atoms with Crippen LogP contribution in [-0.2, 0) is 20.0 Å². The molecule has 2 aliphatic rings. The van der Waals surface area contributed by atoms with E-state index in [-0.39, 0.29) is 35.5 Å². The van der Waals surface area contributed by atoms with Gasteiger partial charge in [-0.1, -0.05) is 0 Å². The average molecular weight is 416 g/mol. The molecule has 1 unspecified atom stereocenters. The monoisotopic (exact) mass is 415 g/mol. The van der Waals surface area contributed by atoms with Crippen LogP contribution in [0.25, 0.3) is 0 Å². The topological polar surface area (TPSA) is 114 Å². The predicted molar refractivity (Wildman–Crippen MR) is 104 cm³/mol. The fourth-order valence-electron chi connectivity index (χ4n) is 3.87. The Morgan fingerprint density at radius 2 is 2.11 bits per heavy atom. The number of thioether (sulfide) groups is 1. The second-order valence-corrected chi connectivity index (χ2v) is 11.0. The van der Waals surface area contributed by atoms with E-state index in [1.54, 1.807) is 18.7 Å². The van der Waals surface area contributed by atoms with E-state index in [2.05, 4.69) is 5.32 Å². The Morgan fingerprint density at radius 1 is 1.41 bits per heavy atom. The van der Waals surface area contributed by atoms with E-state index in [0.29, 0.717) is 31.6 Å². The lowest BCUT2D eigenvalue weighted by Gasteiger charge is -2.35. The minimum absolute atomic E-state index is 0.0536. The quantitative estimate of drug-likeness (QED) is 0.746. The highest BCUT2D eigenvalue weighted by atomic mass is 32.2. The highest BCUT2D eigenvalue weighted by molar-refractivity contribution is 7.99. The summed E-state index contributed by atoms with van der Waals surface area (Å²) in [7, 11) is -2.98. The van der Waals surface area contributed by atoms with Crippen molar-refractivity contribution in [2.75, 3.05) is 29.6 Å². The molecule has 2 fully saturated rings. The molecule has 9 heteroatoms. The van der Waals surface area contributed by atoms with E-state index in [1.807, 2.05) is 0 Å². The SMILES string of the molecule is Cc1cc(=O)c(O)c(C2(CC(=O)NCC3CCS(=O)(=O)C3)CCSCC2)o1. The van der Waals surface area contributed by atoms with Crippen molar-refractivity contribution in [3.8, 4) is 5.75 Å². The minimum Gasteiger partial charge on any atom is -0.502 e. The Labute approximate surface area is 162 Å². The molecule has 0 saturated carbocycles. The lowest BCUT2D eigenvalue weighted by molar-refractivity contribution is -0.122. The minimum atomic E-state index is -2.98. The van der Waals surface area contributed by atoms with E-state index in [0.717, 1.165) is 11.5 Å². The number of aryl methyl sites for hydroxylation is 1. The second-order valence-electron chi connectivity index (χ2n) is 7.54. The maximum atomic E-state index is 12.6. The van der Waals surface area contributed by atoms with Gasteiger partial charge in [0.05, 0.1) is 11.5 Å². The molecular formula is C18H25NO6S2. The molecule has 150 valence electrons. The van der Waals surface area contributed by atoms with E-state index in [4.69, 9.17) is 4.42 Å². The van der Waals surface area contributed by atoms with Gasteiger partial charge in [0.25, 0.3) is 0 Å². The molecule has 1 atom stereocenters. The Bertz CT molecular complexity index is 870. The zero-order valence-corrected chi connectivity index (χ0v) is 17.0. The van der Waals surface area contributed by atoms with Crippen LogP contribution in [0.2, 0.25) is 0 Å². The van der Waals surface area contributed by atoms with E-state index in [9.17, 15) is 23.1 Å². The molecule has 27 heavy (non-hydrogen) atoms. The Hall–Kier alpha value is -1.48. The van der Waals surface area contributed by atoms with E-state index < -0.39 is 26.4 Å². The van der Waals surface area contributed by atoms with Crippen molar-refractivity contribution in [1.82, 2.24) is 5.32 Å². The number of rotatable bonds is 5. The standard InChI is InChI=1S/C18H25NO6S2/c1-12-8-14(20)16(22)17(25-12)18(3-5-26-6-4-18)9-15(21)19-10-13-2-7-27(23,24)11-13/h8,13,22H,2-7,9-11H2,1H3,(H,19,21). The van der Waals surface area contributed by atoms with Crippen LogP contribution < -0.4 is 10.7 Å². The van der Waals surface area contributed by atoms with Crippen molar-refractivity contribution in [3.05, 3.63) is 27.8 Å². The van der Waals surface area contributed by atoms with Gasteiger partial charge in [-0.15, -0.1) is 0 Å². The molecule has 1 aromatic rings. The number of hydrogen-bond acceptors (Lipinski definition) is 7. The summed E-state index contributed by atoms with van der Waals surface area (Å²) in [5.74, 6) is 1.84. The third kappa shape index (κ3) is 4.68. The first kappa shape index (κ1) is 20.3. The summed E-state index contributed by atoms with van der Waals surface area (Å²) >= 11 is 1.77. The lowest BCUT2D eigenvalue weighted by atomic mass is 9.75. The molecule has 0 aliphatic carbocycles. The molecule has 3 rings (SSSR count). The summed E-state index contributed by atoms with van der Waals surface area (Å²) in [6, 6.07) is 1.24. The normalized spacial score (nSPS) is 23.8. The average Bonchev–Trinajstić information content (AvgIpc) is 2.96. The molecule has 0 aromatic carbocycles. The number of amides is 1. The zero-order chi connectivity index (χ0) is 19.7. The molecule has 0 bridgehead atoms. The van der Waals surface area contributed by atoms with Crippen molar-refractivity contribution in [2.24, 2.45) is 5.92 Å². The molecule has 2 N–H and O–H groups in total. The predicted octanol–water partition coefficient (Wildman–Crippen LogP) is 1.36. The number of carbonyl (C=O) groups is 1. The van der Waals surface area contributed by atoms with E-state index >= 15 is 0 Å². The van der Waals surface area contributed by atoms with Crippen LogP contribution >= 0.6 is 11.8 Å². The smallest absolute Gasteiger partial charge is 0.227 e. The Kier molecular flexibility index (Phi) is 5.90. The second kappa shape index (κ2) is 7.87. The van der Waals surface area contributed by atoms with Gasteiger partial charge in [0, 0.05) is 24.4 Å². The van der Waals surface area contributed by atoms with Crippen LogP contribution in [0.4, 0.5) is 0 Å². The Balaban J connectivity index is 1.75. The van der Waals surface area contributed by atoms with Crippen molar-refractivity contribution >= 4 is 27.5 Å². The van der Waals surface area contributed by atoms with Gasteiger partial charge in [0.15, 0.2) is 15.6 Å². The fraction of sp³-hybridized carbons (Fsp3) is 0.667. The summed E-state index contributed by atoms with van der Waals surface area (Å²) in [4.78, 5) is 24.6. The molecular weight excluding hydrogens is 390 g/mol. The molecule has 1 amide bonds. The maximum Gasteiger partial charge on any atom is 0.227 e. The molecule has 0 spiro atoms. The number of aromatic hydroxyl groups is 1. The zero-order valence-electron chi connectivity index (χ0n) is 15.3. The van der Waals surface area contributed by atoms with Crippen LogP contribution in [0.5, 0.6) is 5.75 Å². The van der Waals surface area contributed by atoms with Crippen LogP contribution in [-0.4, -0.2) is 49.0 Å². The first-order chi connectivity index (χ1) is 12.7. The van der Waals surface area contributed by atoms with Gasteiger partial charge in [0.1, 0.15) is 5.76 Å². The van der Waals surface area contributed by atoms with Crippen molar-refractivity contribution in [3.63, 3.8) is 0 Å².